The van der Waals surface area contributed by atoms with Gasteiger partial charge < -0.3 is 10.7 Å². The van der Waals surface area contributed by atoms with Crippen LogP contribution in [0.1, 0.15) is 19.4 Å². The first-order valence-electron chi connectivity index (χ1n) is 5.87. The summed E-state index contributed by atoms with van der Waals surface area (Å²) >= 11 is 0. The summed E-state index contributed by atoms with van der Waals surface area (Å²) in [5.41, 5.74) is 4.44. The highest BCUT2D eigenvalue weighted by atomic mass is 15.0. The van der Waals surface area contributed by atoms with Crippen LogP contribution in [0.25, 0.3) is 5.57 Å². The second kappa shape index (κ2) is 4.58. The zero-order valence-corrected chi connectivity index (χ0v) is 10.3. The number of nitrogens with one attached hydrogen (secondary N) is 2. The Morgan fingerprint density at radius 3 is 2.53 bits per heavy atom. The van der Waals surface area contributed by atoms with Crippen molar-refractivity contribution in [2.24, 2.45) is 5.92 Å². The quantitative estimate of drug-likeness (QED) is 0.763. The summed E-state index contributed by atoms with van der Waals surface area (Å²) in [6.45, 7) is 8.44. The molecule has 0 saturated heterocycles. The summed E-state index contributed by atoms with van der Waals surface area (Å²) in [6, 6.07) is 10.6. The van der Waals surface area contributed by atoms with E-state index in [1.807, 2.05) is 18.2 Å². The van der Waals surface area contributed by atoms with E-state index in [-0.39, 0.29) is 5.92 Å². The highest BCUT2D eigenvalue weighted by Gasteiger charge is 2.30. The lowest BCUT2D eigenvalue weighted by Gasteiger charge is -2.20. The molecular weight excluding hydrogens is 208 g/mol. The summed E-state index contributed by atoms with van der Waals surface area (Å²) in [5, 5.41) is 10.7. The Balaban J connectivity index is 2.32. The Labute approximate surface area is 103 Å². The molecule has 0 spiro atoms. The van der Waals surface area contributed by atoms with Crippen molar-refractivity contribution in [1.29, 1.82) is 5.41 Å². The maximum absolute atomic E-state index is 7.38. The molecule has 2 atom stereocenters. The van der Waals surface area contributed by atoms with Crippen molar-refractivity contribution in [3.05, 3.63) is 53.7 Å². The molecule has 1 aliphatic rings. The number of rotatable bonds is 3. The van der Waals surface area contributed by atoms with Gasteiger partial charge in [0.2, 0.25) is 0 Å². The lowest BCUT2D eigenvalue weighted by atomic mass is 9.85. The predicted molar refractivity (Wildman–Crippen MR) is 73.0 cm³/mol. The van der Waals surface area contributed by atoms with Gasteiger partial charge in [-0.05, 0) is 30.6 Å². The van der Waals surface area contributed by atoms with Crippen LogP contribution in [0, 0.1) is 11.3 Å². The van der Waals surface area contributed by atoms with Crippen LogP contribution in [0.4, 0.5) is 0 Å². The van der Waals surface area contributed by atoms with E-state index in [4.69, 9.17) is 5.41 Å². The van der Waals surface area contributed by atoms with Gasteiger partial charge in [0.05, 0.1) is 5.70 Å². The Bertz CT molecular complexity index is 471. The molecule has 88 valence electrons. The van der Waals surface area contributed by atoms with Crippen LogP contribution in [0.15, 0.2) is 48.2 Å². The second-order valence-electron chi connectivity index (χ2n) is 4.54. The average Bonchev–Trinajstić information content (AvgIpc) is 2.64. The van der Waals surface area contributed by atoms with Gasteiger partial charge in [-0.2, -0.15) is 0 Å². The third-order valence-electron chi connectivity index (χ3n) is 3.44. The highest BCUT2D eigenvalue weighted by molar-refractivity contribution is 5.80. The van der Waals surface area contributed by atoms with Crippen molar-refractivity contribution in [2.45, 2.75) is 19.9 Å². The summed E-state index contributed by atoms with van der Waals surface area (Å²) in [4.78, 5) is 0. The van der Waals surface area contributed by atoms with Gasteiger partial charge in [-0.15, -0.1) is 0 Å². The van der Waals surface area contributed by atoms with E-state index >= 15 is 0 Å². The molecule has 1 heterocycles. The minimum Gasteiger partial charge on any atom is -0.380 e. The minimum absolute atomic E-state index is 0.286. The highest BCUT2D eigenvalue weighted by Crippen LogP contribution is 2.35. The first-order valence-corrected chi connectivity index (χ1v) is 5.87. The molecule has 0 amide bonds. The molecule has 2 N–H and O–H groups in total. The van der Waals surface area contributed by atoms with Gasteiger partial charge in [0.1, 0.15) is 0 Å². The standard InChI is InChI=1S/C15H18N2/c1-10(13-7-5-4-6-8-13)15-11(2)14(9-16)17-12(15)3/h4-9,12,15-17H,1H2,2-3H3/t12?,15-/m0/s1. The number of benzene rings is 1. The third kappa shape index (κ3) is 2.03. The Morgan fingerprint density at radius 1 is 1.35 bits per heavy atom. The maximum atomic E-state index is 7.38. The molecule has 0 bridgehead atoms. The molecule has 1 unspecified atom stereocenters. The molecule has 0 aromatic heterocycles. The molecule has 0 saturated carbocycles. The normalized spacial score (nSPS) is 23.4. The lowest BCUT2D eigenvalue weighted by molar-refractivity contribution is 0.593. The van der Waals surface area contributed by atoms with E-state index in [1.54, 1.807) is 0 Å². The Kier molecular flexibility index (Phi) is 3.14. The SMILES string of the molecule is C=C(c1ccccc1)[C@H]1C(C)=C(C=N)NC1C. The van der Waals surface area contributed by atoms with Gasteiger partial charge in [-0.25, -0.2) is 0 Å². The molecule has 0 radical (unpaired) electrons. The minimum atomic E-state index is 0.286. The van der Waals surface area contributed by atoms with Crippen LogP contribution in [-0.2, 0) is 0 Å². The van der Waals surface area contributed by atoms with Crippen LogP contribution >= 0.6 is 0 Å². The lowest BCUT2D eigenvalue weighted by Crippen LogP contribution is -2.26. The van der Waals surface area contributed by atoms with E-state index in [9.17, 15) is 0 Å². The summed E-state index contributed by atoms with van der Waals surface area (Å²) in [7, 11) is 0. The topological polar surface area (TPSA) is 35.9 Å². The van der Waals surface area contributed by atoms with Crippen molar-refractivity contribution in [1.82, 2.24) is 5.32 Å². The van der Waals surface area contributed by atoms with Gasteiger partial charge in [-0.1, -0.05) is 36.9 Å². The fourth-order valence-electron chi connectivity index (χ4n) is 2.54. The molecular formula is C15H18N2. The van der Waals surface area contributed by atoms with E-state index in [2.05, 4.69) is 37.9 Å². The van der Waals surface area contributed by atoms with Crippen molar-refractivity contribution >= 4 is 11.8 Å². The molecule has 2 heteroatoms. The van der Waals surface area contributed by atoms with Crippen molar-refractivity contribution in [3.63, 3.8) is 0 Å². The number of hydrogen-bond acceptors (Lipinski definition) is 2. The van der Waals surface area contributed by atoms with Crippen LogP contribution in [-0.4, -0.2) is 12.3 Å². The van der Waals surface area contributed by atoms with Gasteiger partial charge >= 0.3 is 0 Å². The zero-order chi connectivity index (χ0) is 12.4. The monoisotopic (exact) mass is 226 g/mol. The van der Waals surface area contributed by atoms with E-state index < -0.39 is 0 Å². The largest absolute Gasteiger partial charge is 0.380 e. The van der Waals surface area contributed by atoms with E-state index in [0.29, 0.717) is 6.04 Å². The summed E-state index contributed by atoms with van der Waals surface area (Å²) in [6.07, 6.45) is 1.39. The van der Waals surface area contributed by atoms with E-state index in [0.717, 1.165) is 11.3 Å². The molecule has 0 aliphatic carbocycles. The smallest absolute Gasteiger partial charge is 0.0517 e. The molecule has 1 aromatic rings. The summed E-state index contributed by atoms with van der Waals surface area (Å²) in [5.74, 6) is 0.286. The summed E-state index contributed by atoms with van der Waals surface area (Å²) < 4.78 is 0. The van der Waals surface area contributed by atoms with Gasteiger partial charge in [-0.3, -0.25) is 0 Å². The molecule has 1 aliphatic heterocycles. The number of hydrogen-bond donors (Lipinski definition) is 2. The zero-order valence-electron chi connectivity index (χ0n) is 10.3. The first kappa shape index (κ1) is 11.6. The van der Waals surface area contributed by atoms with Crippen molar-refractivity contribution in [3.8, 4) is 0 Å². The van der Waals surface area contributed by atoms with Crippen LogP contribution < -0.4 is 5.32 Å². The molecule has 2 nitrogen and oxygen atoms in total. The fourth-order valence-corrected chi connectivity index (χ4v) is 2.54. The Morgan fingerprint density at radius 2 is 2.00 bits per heavy atom. The average molecular weight is 226 g/mol. The number of allylic oxidation sites excluding steroid dienone is 1. The van der Waals surface area contributed by atoms with Gasteiger partial charge in [0.25, 0.3) is 0 Å². The van der Waals surface area contributed by atoms with Crippen molar-refractivity contribution in [2.75, 3.05) is 0 Å². The maximum Gasteiger partial charge on any atom is 0.0517 e. The molecule has 1 aromatic carbocycles. The van der Waals surface area contributed by atoms with Gasteiger partial charge in [0.15, 0.2) is 0 Å². The predicted octanol–water partition coefficient (Wildman–Crippen LogP) is 3.23. The molecule has 2 rings (SSSR count). The van der Waals surface area contributed by atoms with E-state index in [1.165, 1.54) is 17.4 Å². The Hall–Kier alpha value is -1.83. The second-order valence-corrected chi connectivity index (χ2v) is 4.54. The van der Waals surface area contributed by atoms with Crippen molar-refractivity contribution < 1.29 is 0 Å². The van der Waals surface area contributed by atoms with Crippen LogP contribution in [0.5, 0.6) is 0 Å². The first-order chi connectivity index (χ1) is 8.15. The van der Waals surface area contributed by atoms with Crippen LogP contribution in [0.3, 0.4) is 0 Å². The third-order valence-corrected chi connectivity index (χ3v) is 3.44. The van der Waals surface area contributed by atoms with Crippen LogP contribution in [0.2, 0.25) is 0 Å². The molecule has 0 fully saturated rings. The van der Waals surface area contributed by atoms with Gasteiger partial charge in [0, 0.05) is 18.2 Å². The molecule has 17 heavy (non-hydrogen) atoms. The fraction of sp³-hybridized carbons (Fsp3) is 0.267.